The quantitative estimate of drug-likeness (QED) is 0.298. The van der Waals surface area contributed by atoms with Crippen LogP contribution in [0.5, 0.6) is 0 Å². The van der Waals surface area contributed by atoms with Crippen LogP contribution in [0.4, 0.5) is 19.0 Å². The largest absolute Gasteiger partial charge is 0.446 e. The minimum absolute atomic E-state index is 0.0390. The highest BCUT2D eigenvalue weighted by Gasteiger charge is 2.31. The van der Waals surface area contributed by atoms with Gasteiger partial charge in [0.25, 0.3) is 0 Å². The Morgan fingerprint density at radius 1 is 1.30 bits per heavy atom. The first-order valence-electron chi connectivity index (χ1n) is 7.26. The first-order valence-corrected chi connectivity index (χ1v) is 7.26. The molecule has 0 bridgehead atoms. The molecule has 3 rings (SSSR count). The maximum absolute atomic E-state index is 12.9. The molecule has 14 heteroatoms. The highest BCUT2D eigenvalue weighted by molar-refractivity contribution is 5.66. The Bertz CT molecular complexity index is 1050. The number of rotatable bonds is 6. The molecule has 0 aliphatic heterocycles. The van der Waals surface area contributed by atoms with Gasteiger partial charge in [-0.05, 0) is 34.0 Å². The van der Waals surface area contributed by atoms with Gasteiger partial charge >= 0.3 is 11.9 Å². The first-order chi connectivity index (χ1) is 12.9. The van der Waals surface area contributed by atoms with E-state index in [1.807, 2.05) is 0 Å². The Morgan fingerprint density at radius 2 is 2.11 bits per heavy atom. The Kier molecular flexibility index (Phi) is 4.81. The van der Waals surface area contributed by atoms with Gasteiger partial charge in [0.05, 0.1) is 11.3 Å². The zero-order chi connectivity index (χ0) is 19.4. The molecule has 2 heterocycles. The molecule has 2 aromatic heterocycles. The summed E-state index contributed by atoms with van der Waals surface area (Å²) in [6, 6.07) is 4.05. The lowest BCUT2D eigenvalue weighted by Gasteiger charge is -2.09. The molecule has 1 aromatic carbocycles. The normalized spacial score (nSPS) is 11.2. The second-order valence-electron chi connectivity index (χ2n) is 5.00. The van der Waals surface area contributed by atoms with Crippen LogP contribution in [0.25, 0.3) is 27.6 Å². The second-order valence-corrected chi connectivity index (χ2v) is 5.00. The molecule has 1 N–H and O–H groups in total. The fourth-order valence-electron chi connectivity index (χ4n) is 2.17. The minimum atomic E-state index is -4.60. The third kappa shape index (κ3) is 3.74. The molecule has 0 amide bonds. The number of nitrogens with one attached hydrogen (secondary N) is 1. The molecule has 0 spiro atoms. The van der Waals surface area contributed by atoms with Gasteiger partial charge in [-0.25, -0.2) is 14.0 Å². The lowest BCUT2D eigenvalue weighted by atomic mass is 10.2. The van der Waals surface area contributed by atoms with Crippen LogP contribution >= 0.6 is 0 Å². The summed E-state index contributed by atoms with van der Waals surface area (Å²) in [6.45, 7) is 0.249. The number of anilines is 1. The fraction of sp³-hybridized carbons (Fsp3) is 0.231. The number of aromatic nitrogens is 4. The van der Waals surface area contributed by atoms with Gasteiger partial charge in [-0.15, -0.1) is 0 Å². The van der Waals surface area contributed by atoms with Crippen LogP contribution in [0.1, 0.15) is 5.56 Å². The molecule has 3 aromatic rings. The van der Waals surface area contributed by atoms with Crippen LogP contribution in [0, 0.1) is 0 Å². The van der Waals surface area contributed by atoms with Crippen molar-refractivity contribution in [2.75, 3.05) is 18.4 Å². The molecule has 0 radical (unpaired) electrons. The van der Waals surface area contributed by atoms with Crippen molar-refractivity contribution in [1.82, 2.24) is 20.0 Å². The van der Waals surface area contributed by atoms with E-state index < -0.39 is 17.5 Å². The molecule has 0 fully saturated rings. The molecule has 0 aliphatic carbocycles. The van der Waals surface area contributed by atoms with Crippen molar-refractivity contribution in [3.8, 4) is 17.2 Å². The Morgan fingerprint density at radius 3 is 2.85 bits per heavy atom. The third-order valence-corrected chi connectivity index (χ3v) is 3.30. The monoisotopic (exact) mass is 382 g/mol. The van der Waals surface area contributed by atoms with E-state index in [9.17, 15) is 18.0 Å². The SMILES string of the molecule is [N-]=[N+]=NCCNc1nonc1-c1noc(=O)n1-c1cccc(C(F)(F)F)c1. The summed E-state index contributed by atoms with van der Waals surface area (Å²) in [5.74, 6) is -1.20. The number of hydrogen-bond acceptors (Lipinski definition) is 8. The van der Waals surface area contributed by atoms with Gasteiger partial charge in [-0.2, -0.15) is 13.2 Å². The van der Waals surface area contributed by atoms with Crippen molar-refractivity contribution in [2.24, 2.45) is 5.11 Å². The van der Waals surface area contributed by atoms with E-state index in [-0.39, 0.29) is 36.1 Å². The van der Waals surface area contributed by atoms with Crippen LogP contribution in [-0.2, 0) is 6.18 Å². The van der Waals surface area contributed by atoms with E-state index in [0.29, 0.717) is 0 Å². The van der Waals surface area contributed by atoms with Crippen molar-refractivity contribution in [3.05, 3.63) is 50.8 Å². The van der Waals surface area contributed by atoms with Crippen molar-refractivity contribution in [2.45, 2.75) is 6.18 Å². The topological polar surface area (TPSA) is 148 Å². The van der Waals surface area contributed by atoms with Gasteiger partial charge in [-0.1, -0.05) is 16.3 Å². The molecule has 11 nitrogen and oxygen atoms in total. The molecule has 0 aliphatic rings. The summed E-state index contributed by atoms with van der Waals surface area (Å²) in [6.07, 6.45) is -4.60. The number of hydrogen-bond donors (Lipinski definition) is 1. The zero-order valence-corrected chi connectivity index (χ0v) is 13.2. The fourth-order valence-corrected chi connectivity index (χ4v) is 2.17. The molecule has 27 heavy (non-hydrogen) atoms. The molecule has 140 valence electrons. The highest BCUT2D eigenvalue weighted by atomic mass is 19.4. The predicted molar refractivity (Wildman–Crippen MR) is 82.9 cm³/mol. The number of alkyl halides is 3. The summed E-state index contributed by atoms with van der Waals surface area (Å²) < 4.78 is 48.8. The van der Waals surface area contributed by atoms with Crippen molar-refractivity contribution < 1.29 is 22.3 Å². The van der Waals surface area contributed by atoms with Gasteiger partial charge in [0.1, 0.15) is 0 Å². The van der Waals surface area contributed by atoms with Crippen molar-refractivity contribution >= 4 is 5.82 Å². The molecular weight excluding hydrogens is 373 g/mol. The standard InChI is InChI=1S/C13H9F3N8O3/c14-13(15,16)7-2-1-3-8(6-7)24-11(22-26-12(24)25)9-10(21-27-20-9)18-4-5-19-23-17/h1-3,6H,4-5H2,(H,18,21). The number of benzene rings is 1. The first kappa shape index (κ1) is 18.0. The third-order valence-electron chi connectivity index (χ3n) is 3.30. The van der Waals surface area contributed by atoms with Gasteiger partial charge in [0.15, 0.2) is 5.69 Å². The molecule has 0 atom stereocenters. The lowest BCUT2D eigenvalue weighted by molar-refractivity contribution is -0.137. The zero-order valence-electron chi connectivity index (χ0n) is 13.2. The lowest BCUT2D eigenvalue weighted by Crippen LogP contribution is -2.15. The average molecular weight is 382 g/mol. The Hall–Kier alpha value is -3.80. The van der Waals surface area contributed by atoms with E-state index >= 15 is 0 Å². The summed E-state index contributed by atoms with van der Waals surface area (Å²) in [7, 11) is 0. The predicted octanol–water partition coefficient (Wildman–Crippen LogP) is 2.62. The number of azide groups is 1. The Balaban J connectivity index is 2.01. The summed E-state index contributed by atoms with van der Waals surface area (Å²) in [4.78, 5) is 14.6. The van der Waals surface area contributed by atoms with E-state index in [4.69, 9.17) is 5.53 Å². The van der Waals surface area contributed by atoms with Gasteiger partial charge in [0.2, 0.25) is 11.6 Å². The summed E-state index contributed by atoms with van der Waals surface area (Å²) in [5, 5.41) is 16.8. The van der Waals surface area contributed by atoms with E-state index in [0.717, 1.165) is 22.8 Å². The van der Waals surface area contributed by atoms with Crippen molar-refractivity contribution in [1.29, 1.82) is 0 Å². The smallest absolute Gasteiger partial charge is 0.365 e. The Labute approximate surface area is 147 Å². The average Bonchev–Trinajstić information content (AvgIpc) is 3.24. The highest BCUT2D eigenvalue weighted by Crippen LogP contribution is 2.31. The minimum Gasteiger partial charge on any atom is -0.365 e. The van der Waals surface area contributed by atoms with Crippen LogP contribution in [0.15, 0.2) is 43.3 Å². The summed E-state index contributed by atoms with van der Waals surface area (Å²) in [5.41, 5.74) is 7.09. The number of nitrogens with zero attached hydrogens (tertiary/aromatic N) is 7. The van der Waals surface area contributed by atoms with Gasteiger partial charge in [-0.3, -0.25) is 4.52 Å². The molecule has 0 unspecified atom stereocenters. The summed E-state index contributed by atoms with van der Waals surface area (Å²) >= 11 is 0. The maximum atomic E-state index is 12.9. The van der Waals surface area contributed by atoms with Crippen LogP contribution < -0.4 is 11.1 Å². The van der Waals surface area contributed by atoms with Gasteiger partial charge < -0.3 is 5.32 Å². The number of halogens is 3. The second kappa shape index (κ2) is 7.21. The maximum Gasteiger partial charge on any atom is 0.446 e. The van der Waals surface area contributed by atoms with Crippen LogP contribution in [0.3, 0.4) is 0 Å². The van der Waals surface area contributed by atoms with E-state index in [1.165, 1.54) is 6.07 Å². The molecular formula is C13H9F3N8O3. The van der Waals surface area contributed by atoms with Crippen molar-refractivity contribution in [3.63, 3.8) is 0 Å². The van der Waals surface area contributed by atoms with Crippen LogP contribution in [-0.4, -0.2) is 33.1 Å². The van der Waals surface area contributed by atoms with Crippen LogP contribution in [0.2, 0.25) is 0 Å². The van der Waals surface area contributed by atoms with E-state index in [2.05, 4.69) is 40.0 Å². The molecule has 0 saturated carbocycles. The van der Waals surface area contributed by atoms with Gasteiger partial charge in [0, 0.05) is 18.0 Å². The van der Waals surface area contributed by atoms with E-state index in [1.54, 1.807) is 0 Å². The molecule has 0 saturated heterocycles.